The van der Waals surface area contributed by atoms with E-state index in [-0.39, 0.29) is 17.5 Å². The summed E-state index contributed by atoms with van der Waals surface area (Å²) >= 11 is 13.4. The molecule has 0 saturated heterocycles. The van der Waals surface area contributed by atoms with E-state index in [0.29, 0.717) is 25.9 Å². The second-order valence-corrected chi connectivity index (χ2v) is 8.24. The van der Waals surface area contributed by atoms with E-state index in [2.05, 4.69) is 15.8 Å². The fourth-order valence-corrected chi connectivity index (χ4v) is 4.43. The average Bonchev–Trinajstić information content (AvgIpc) is 3.11. The van der Waals surface area contributed by atoms with Gasteiger partial charge in [0, 0.05) is 15.1 Å². The van der Waals surface area contributed by atoms with E-state index < -0.39 is 11.8 Å². The van der Waals surface area contributed by atoms with Crippen molar-refractivity contribution in [2.45, 2.75) is 0 Å². The lowest BCUT2D eigenvalue weighted by molar-refractivity contribution is -0.120. The van der Waals surface area contributed by atoms with E-state index in [1.54, 1.807) is 12.1 Å². The summed E-state index contributed by atoms with van der Waals surface area (Å²) in [5.74, 6) is -1.03. The lowest BCUT2D eigenvalue weighted by atomic mass is 10.2. The highest BCUT2D eigenvalue weighted by Gasteiger charge is 2.17. The molecule has 0 spiro atoms. The van der Waals surface area contributed by atoms with E-state index in [4.69, 9.17) is 27.6 Å². The van der Waals surface area contributed by atoms with E-state index in [0.717, 1.165) is 16.3 Å². The quantitative estimate of drug-likeness (QED) is 0.335. The van der Waals surface area contributed by atoms with Crippen LogP contribution in [0.15, 0.2) is 63.0 Å². The summed E-state index contributed by atoms with van der Waals surface area (Å²) in [6.07, 6.45) is 2.40. The number of hydrogen-bond donors (Lipinski definition) is 2. The Kier molecular flexibility index (Phi) is 6.03. The maximum Gasteiger partial charge on any atom is 0.263 e. The van der Waals surface area contributed by atoms with Crippen LogP contribution < -0.4 is 16.2 Å². The second-order valence-electron chi connectivity index (χ2n) is 6.38. The molecule has 0 fully saturated rings. The highest BCUT2D eigenvalue weighted by Crippen LogP contribution is 2.34. The number of hydrogen-bond acceptors (Lipinski definition) is 6. The molecule has 10 heteroatoms. The Morgan fingerprint density at radius 1 is 1.13 bits per heavy atom. The van der Waals surface area contributed by atoms with Crippen molar-refractivity contribution in [3.8, 4) is 0 Å². The van der Waals surface area contributed by atoms with Gasteiger partial charge in [-0.3, -0.25) is 14.4 Å². The zero-order valence-electron chi connectivity index (χ0n) is 15.6. The smallest absolute Gasteiger partial charge is 0.263 e. The number of rotatable bonds is 5. The number of halogens is 2. The number of fused-ring (bicyclic) bond motifs is 2. The van der Waals surface area contributed by atoms with Gasteiger partial charge in [0.25, 0.3) is 11.8 Å². The summed E-state index contributed by atoms with van der Waals surface area (Å²) in [5, 5.41) is 8.07. The van der Waals surface area contributed by atoms with Crippen molar-refractivity contribution in [1.29, 1.82) is 0 Å². The SMILES string of the molecule is O=C(CNC(=O)c1sc2ccccc2c1Cl)N/N=C/c1coc2ccc(Cl)cc2c1=O. The Morgan fingerprint density at radius 3 is 2.74 bits per heavy atom. The Labute approximate surface area is 189 Å². The molecule has 0 saturated carbocycles. The Bertz CT molecular complexity index is 1410. The Morgan fingerprint density at radius 2 is 1.94 bits per heavy atom. The maximum absolute atomic E-state index is 12.4. The van der Waals surface area contributed by atoms with Gasteiger partial charge in [-0.05, 0) is 24.3 Å². The molecule has 0 aliphatic heterocycles. The molecule has 31 heavy (non-hydrogen) atoms. The van der Waals surface area contributed by atoms with Crippen molar-refractivity contribution >= 4 is 73.6 Å². The lowest BCUT2D eigenvalue weighted by Gasteiger charge is -2.03. The van der Waals surface area contributed by atoms with Crippen LogP contribution in [0.25, 0.3) is 21.1 Å². The standard InChI is InChI=1S/C21H13Cl2N3O4S/c22-12-5-6-15-14(7-12)19(28)11(10-30-15)8-25-26-17(27)9-24-21(29)20-18(23)13-3-1-2-4-16(13)31-20/h1-8,10H,9H2,(H,24,29)(H,26,27)/b25-8+. The van der Waals surface area contributed by atoms with Crippen LogP contribution in [0.5, 0.6) is 0 Å². The Balaban J connectivity index is 1.38. The van der Waals surface area contributed by atoms with Crippen LogP contribution in [0.3, 0.4) is 0 Å². The molecule has 156 valence electrons. The summed E-state index contributed by atoms with van der Waals surface area (Å²) < 4.78 is 6.25. The molecule has 2 aromatic heterocycles. The highest BCUT2D eigenvalue weighted by atomic mass is 35.5. The molecule has 2 heterocycles. The minimum Gasteiger partial charge on any atom is -0.463 e. The molecule has 2 N–H and O–H groups in total. The van der Waals surface area contributed by atoms with Crippen molar-refractivity contribution in [3.63, 3.8) is 0 Å². The minimum absolute atomic E-state index is 0.135. The summed E-state index contributed by atoms with van der Waals surface area (Å²) in [4.78, 5) is 37.1. The maximum atomic E-state index is 12.4. The van der Waals surface area contributed by atoms with Gasteiger partial charge in [0.1, 0.15) is 16.7 Å². The number of nitrogens with one attached hydrogen (secondary N) is 2. The van der Waals surface area contributed by atoms with E-state index in [1.807, 2.05) is 24.3 Å². The van der Waals surface area contributed by atoms with Gasteiger partial charge >= 0.3 is 0 Å². The van der Waals surface area contributed by atoms with Crippen LogP contribution in [0, 0.1) is 0 Å². The molecule has 2 aromatic carbocycles. The molecule has 4 aromatic rings. The molecule has 0 aliphatic rings. The average molecular weight is 474 g/mol. The van der Waals surface area contributed by atoms with E-state index in [1.165, 1.54) is 23.7 Å². The number of amides is 2. The topological polar surface area (TPSA) is 101 Å². The minimum atomic E-state index is -0.574. The molecule has 0 aliphatic carbocycles. The zero-order valence-corrected chi connectivity index (χ0v) is 18.0. The van der Waals surface area contributed by atoms with Crippen LogP contribution in [0.2, 0.25) is 10.0 Å². The monoisotopic (exact) mass is 473 g/mol. The molecule has 4 rings (SSSR count). The van der Waals surface area contributed by atoms with Crippen LogP contribution in [-0.2, 0) is 4.79 Å². The number of carbonyl (C=O) groups is 2. The summed E-state index contributed by atoms with van der Waals surface area (Å²) in [7, 11) is 0. The van der Waals surface area contributed by atoms with Gasteiger partial charge in [-0.25, -0.2) is 5.43 Å². The molecular weight excluding hydrogens is 461 g/mol. The van der Waals surface area contributed by atoms with Crippen LogP contribution in [0.1, 0.15) is 15.2 Å². The first-order valence-electron chi connectivity index (χ1n) is 8.92. The fourth-order valence-electron chi connectivity index (χ4n) is 2.82. The molecule has 2 amide bonds. The van der Waals surface area contributed by atoms with Crippen molar-refractivity contribution in [2.24, 2.45) is 5.10 Å². The van der Waals surface area contributed by atoms with Crippen LogP contribution in [0.4, 0.5) is 0 Å². The van der Waals surface area contributed by atoms with Crippen molar-refractivity contribution in [1.82, 2.24) is 10.7 Å². The molecule has 0 bridgehead atoms. The predicted molar refractivity (Wildman–Crippen MR) is 122 cm³/mol. The van der Waals surface area contributed by atoms with Crippen LogP contribution in [-0.4, -0.2) is 24.6 Å². The fraction of sp³-hybridized carbons (Fsp3) is 0.0476. The third-order valence-corrected chi connectivity index (χ3v) is 6.21. The highest BCUT2D eigenvalue weighted by molar-refractivity contribution is 7.21. The number of benzene rings is 2. The summed E-state index contributed by atoms with van der Waals surface area (Å²) in [5.41, 5.74) is 2.43. The summed E-state index contributed by atoms with van der Waals surface area (Å²) in [6, 6.07) is 12.1. The first-order chi connectivity index (χ1) is 14.9. The molecule has 0 radical (unpaired) electrons. The molecule has 0 atom stereocenters. The van der Waals surface area contributed by atoms with E-state index in [9.17, 15) is 14.4 Å². The van der Waals surface area contributed by atoms with Gasteiger partial charge in [-0.2, -0.15) is 5.10 Å². The summed E-state index contributed by atoms with van der Waals surface area (Å²) in [6.45, 7) is -0.317. The number of carbonyl (C=O) groups excluding carboxylic acids is 2. The van der Waals surface area contributed by atoms with Crippen molar-refractivity contribution in [2.75, 3.05) is 6.54 Å². The molecule has 0 unspecified atom stereocenters. The normalized spacial score (nSPS) is 11.3. The molecular formula is C21H13Cl2N3O4S. The van der Waals surface area contributed by atoms with Gasteiger partial charge in [0.15, 0.2) is 0 Å². The van der Waals surface area contributed by atoms with Gasteiger partial charge < -0.3 is 9.73 Å². The van der Waals surface area contributed by atoms with Gasteiger partial charge in [0.2, 0.25) is 5.43 Å². The second kappa shape index (κ2) is 8.89. The Hall–Kier alpha value is -3.20. The third-order valence-electron chi connectivity index (χ3n) is 4.30. The van der Waals surface area contributed by atoms with Gasteiger partial charge in [-0.15, -0.1) is 11.3 Å². The third kappa shape index (κ3) is 4.46. The number of thiophene rings is 1. The first kappa shape index (κ1) is 21.0. The van der Waals surface area contributed by atoms with Gasteiger partial charge in [-0.1, -0.05) is 41.4 Å². The van der Waals surface area contributed by atoms with E-state index >= 15 is 0 Å². The lowest BCUT2D eigenvalue weighted by Crippen LogP contribution is -2.34. The van der Waals surface area contributed by atoms with Crippen LogP contribution >= 0.6 is 34.5 Å². The number of nitrogens with zero attached hydrogens (tertiary/aromatic N) is 1. The van der Waals surface area contributed by atoms with Gasteiger partial charge in [0.05, 0.1) is 28.7 Å². The number of hydrazone groups is 1. The first-order valence-corrected chi connectivity index (χ1v) is 10.5. The van der Waals surface area contributed by atoms with Crippen molar-refractivity contribution in [3.05, 3.63) is 79.4 Å². The van der Waals surface area contributed by atoms with Crippen molar-refractivity contribution < 1.29 is 14.0 Å². The zero-order chi connectivity index (χ0) is 22.0. The molecule has 7 nitrogen and oxygen atoms in total. The largest absolute Gasteiger partial charge is 0.463 e. The predicted octanol–water partition coefficient (Wildman–Crippen LogP) is 4.19.